The fourth-order valence-corrected chi connectivity index (χ4v) is 2.87. The Morgan fingerprint density at radius 1 is 1.03 bits per heavy atom. The van der Waals surface area contributed by atoms with Crippen LogP contribution in [0.2, 0.25) is 0 Å². The highest BCUT2D eigenvalue weighted by atomic mass is 16.5. The van der Waals surface area contributed by atoms with Crippen molar-refractivity contribution in [3.05, 3.63) is 53.1 Å². The molecule has 0 saturated carbocycles. The minimum atomic E-state index is -0.650. The normalized spacial score (nSPS) is 11.2. The lowest BCUT2D eigenvalue weighted by Crippen LogP contribution is -2.39. The number of carbonyl (C=O) groups is 2. The van der Waals surface area contributed by atoms with Crippen LogP contribution in [-0.4, -0.2) is 35.1 Å². The number of aryl methyl sites for hydroxylation is 2. The van der Waals surface area contributed by atoms with E-state index in [1.807, 2.05) is 45.9 Å². The molecule has 0 saturated heterocycles. The van der Waals surface area contributed by atoms with Gasteiger partial charge in [-0.05, 0) is 62.1 Å². The monoisotopic (exact) mass is 399 g/mol. The summed E-state index contributed by atoms with van der Waals surface area (Å²) in [5, 5.41) is 21.5. The fourth-order valence-electron chi connectivity index (χ4n) is 2.87. The van der Waals surface area contributed by atoms with Crippen molar-refractivity contribution in [2.24, 2.45) is 5.41 Å². The van der Waals surface area contributed by atoms with Crippen LogP contribution >= 0.6 is 0 Å². The highest BCUT2D eigenvalue weighted by Gasteiger charge is 2.27. The van der Waals surface area contributed by atoms with Crippen molar-refractivity contribution in [3.63, 3.8) is 0 Å². The highest BCUT2D eigenvalue weighted by Crippen LogP contribution is 2.26. The zero-order valence-corrected chi connectivity index (χ0v) is 17.4. The molecule has 0 aromatic heterocycles. The molecule has 6 heteroatoms. The number of aromatic hydroxyl groups is 2. The van der Waals surface area contributed by atoms with Gasteiger partial charge in [0.15, 0.2) is 17.3 Å². The topological polar surface area (TPSA) is 95.9 Å². The van der Waals surface area contributed by atoms with Gasteiger partial charge in [0.2, 0.25) is 5.91 Å². The van der Waals surface area contributed by atoms with E-state index in [2.05, 4.69) is 5.32 Å². The van der Waals surface area contributed by atoms with Crippen LogP contribution in [0.5, 0.6) is 17.2 Å². The van der Waals surface area contributed by atoms with Crippen LogP contribution in [-0.2, 0) is 4.79 Å². The molecule has 0 fully saturated rings. The van der Waals surface area contributed by atoms with Crippen molar-refractivity contribution in [2.75, 3.05) is 13.2 Å². The standard InChI is InChI=1S/C23H29NO5/c1-15-6-7-16(2)21(12-15)29-11-5-10-23(3,4)22(28)24-14-20(27)17-8-9-18(25)19(26)13-17/h6-9,12-13,25-26H,5,10-11,14H2,1-4H3,(H,24,28). The summed E-state index contributed by atoms with van der Waals surface area (Å²) in [4.78, 5) is 24.7. The number of phenolic OH excluding ortho intramolecular Hbond substituents is 2. The van der Waals surface area contributed by atoms with E-state index in [9.17, 15) is 19.8 Å². The lowest BCUT2D eigenvalue weighted by atomic mass is 9.87. The van der Waals surface area contributed by atoms with Crippen molar-refractivity contribution >= 4 is 11.7 Å². The minimum Gasteiger partial charge on any atom is -0.504 e. The number of amides is 1. The number of carbonyl (C=O) groups excluding carboxylic acids is 2. The first kappa shape index (κ1) is 22.3. The highest BCUT2D eigenvalue weighted by molar-refractivity contribution is 6.00. The number of ketones is 1. The maximum Gasteiger partial charge on any atom is 0.226 e. The van der Waals surface area contributed by atoms with Crippen molar-refractivity contribution in [3.8, 4) is 17.2 Å². The number of benzene rings is 2. The molecule has 0 unspecified atom stereocenters. The summed E-state index contributed by atoms with van der Waals surface area (Å²) < 4.78 is 5.84. The SMILES string of the molecule is Cc1ccc(C)c(OCCCC(C)(C)C(=O)NCC(=O)c2ccc(O)c(O)c2)c1. The van der Waals surface area contributed by atoms with Crippen LogP contribution in [0.25, 0.3) is 0 Å². The van der Waals surface area contributed by atoms with Gasteiger partial charge in [-0.2, -0.15) is 0 Å². The molecular weight excluding hydrogens is 370 g/mol. The molecule has 0 heterocycles. The van der Waals surface area contributed by atoms with E-state index in [4.69, 9.17) is 4.74 Å². The van der Waals surface area contributed by atoms with Gasteiger partial charge >= 0.3 is 0 Å². The zero-order valence-electron chi connectivity index (χ0n) is 17.4. The molecule has 0 bridgehead atoms. The van der Waals surface area contributed by atoms with E-state index in [0.717, 1.165) is 16.9 Å². The van der Waals surface area contributed by atoms with Gasteiger partial charge in [-0.1, -0.05) is 26.0 Å². The van der Waals surface area contributed by atoms with Crippen LogP contribution in [0.4, 0.5) is 0 Å². The van der Waals surface area contributed by atoms with Crippen LogP contribution in [0, 0.1) is 19.3 Å². The Bertz CT molecular complexity index is 889. The molecule has 29 heavy (non-hydrogen) atoms. The number of nitrogens with one attached hydrogen (secondary N) is 1. The Balaban J connectivity index is 1.80. The maximum absolute atomic E-state index is 12.5. The minimum absolute atomic E-state index is 0.175. The van der Waals surface area contributed by atoms with Crippen LogP contribution < -0.4 is 10.1 Å². The molecule has 0 spiro atoms. The van der Waals surface area contributed by atoms with E-state index >= 15 is 0 Å². The summed E-state index contributed by atoms with van der Waals surface area (Å²) in [5.41, 5.74) is 1.78. The van der Waals surface area contributed by atoms with E-state index in [-0.39, 0.29) is 35.3 Å². The van der Waals surface area contributed by atoms with Crippen molar-refractivity contribution in [2.45, 2.75) is 40.5 Å². The first-order valence-electron chi connectivity index (χ1n) is 9.63. The van der Waals surface area contributed by atoms with Gasteiger partial charge in [-0.25, -0.2) is 0 Å². The molecule has 0 aliphatic carbocycles. The van der Waals surface area contributed by atoms with Gasteiger partial charge < -0.3 is 20.3 Å². The lowest BCUT2D eigenvalue weighted by Gasteiger charge is -2.23. The third-order valence-corrected chi connectivity index (χ3v) is 4.87. The number of phenols is 2. The van der Waals surface area contributed by atoms with E-state index < -0.39 is 5.41 Å². The molecule has 1 amide bonds. The third kappa shape index (κ3) is 6.24. The van der Waals surface area contributed by atoms with Crippen molar-refractivity contribution in [1.29, 1.82) is 0 Å². The Labute approximate surface area is 171 Å². The van der Waals surface area contributed by atoms with Gasteiger partial charge in [0.05, 0.1) is 13.2 Å². The molecule has 0 aliphatic heterocycles. The van der Waals surface area contributed by atoms with Crippen molar-refractivity contribution < 1.29 is 24.5 Å². The van der Waals surface area contributed by atoms with Crippen LogP contribution in [0.15, 0.2) is 36.4 Å². The van der Waals surface area contributed by atoms with Gasteiger partial charge in [0.25, 0.3) is 0 Å². The molecule has 2 aromatic rings. The number of hydrogen-bond acceptors (Lipinski definition) is 5. The molecular formula is C23H29NO5. The van der Waals surface area contributed by atoms with E-state index in [1.165, 1.54) is 18.2 Å². The van der Waals surface area contributed by atoms with Crippen LogP contribution in [0.3, 0.4) is 0 Å². The summed E-state index contributed by atoms with van der Waals surface area (Å²) in [5.74, 6) is -0.376. The molecule has 3 N–H and O–H groups in total. The Morgan fingerprint density at radius 2 is 1.76 bits per heavy atom. The average Bonchev–Trinajstić information content (AvgIpc) is 2.67. The lowest BCUT2D eigenvalue weighted by molar-refractivity contribution is -0.129. The number of rotatable bonds is 9. The van der Waals surface area contributed by atoms with E-state index in [1.54, 1.807) is 0 Å². The van der Waals surface area contributed by atoms with Crippen LogP contribution in [0.1, 0.15) is 48.2 Å². The van der Waals surface area contributed by atoms with Gasteiger partial charge in [0, 0.05) is 11.0 Å². The first-order valence-corrected chi connectivity index (χ1v) is 9.63. The number of hydrogen-bond donors (Lipinski definition) is 3. The number of Topliss-reactive ketones (excluding diaryl/α,β-unsaturated/α-hetero) is 1. The smallest absolute Gasteiger partial charge is 0.226 e. The summed E-state index contributed by atoms with van der Waals surface area (Å²) in [6.07, 6.45) is 1.31. The Hall–Kier alpha value is -3.02. The summed E-state index contributed by atoms with van der Waals surface area (Å²) in [6.45, 7) is 8.00. The molecule has 0 atom stereocenters. The predicted octanol–water partition coefficient (Wildman–Crippen LogP) is 3.90. The third-order valence-electron chi connectivity index (χ3n) is 4.87. The molecule has 2 aromatic carbocycles. The second-order valence-electron chi connectivity index (χ2n) is 7.91. The largest absolute Gasteiger partial charge is 0.504 e. The Kier molecular flexibility index (Phi) is 7.26. The van der Waals surface area contributed by atoms with E-state index in [0.29, 0.717) is 19.4 Å². The summed E-state index contributed by atoms with van der Waals surface area (Å²) in [7, 11) is 0. The molecule has 0 aliphatic rings. The van der Waals surface area contributed by atoms with Gasteiger partial charge in [-0.3, -0.25) is 9.59 Å². The quantitative estimate of drug-likeness (QED) is 0.338. The molecule has 0 radical (unpaired) electrons. The average molecular weight is 399 g/mol. The molecule has 156 valence electrons. The second kappa shape index (κ2) is 9.45. The zero-order chi connectivity index (χ0) is 21.6. The predicted molar refractivity (Wildman–Crippen MR) is 112 cm³/mol. The summed E-state index contributed by atoms with van der Waals surface area (Å²) >= 11 is 0. The molecule has 6 nitrogen and oxygen atoms in total. The molecule has 2 rings (SSSR count). The van der Waals surface area contributed by atoms with Crippen molar-refractivity contribution in [1.82, 2.24) is 5.32 Å². The fraction of sp³-hybridized carbons (Fsp3) is 0.391. The Morgan fingerprint density at radius 3 is 2.45 bits per heavy atom. The summed E-state index contributed by atoms with van der Waals surface area (Å²) in [6, 6.07) is 9.88. The first-order chi connectivity index (χ1) is 13.6. The van der Waals surface area contributed by atoms with Gasteiger partial charge in [0.1, 0.15) is 5.75 Å². The second-order valence-corrected chi connectivity index (χ2v) is 7.91. The number of ether oxygens (including phenoxy) is 1. The maximum atomic E-state index is 12.5. The van der Waals surface area contributed by atoms with Gasteiger partial charge in [-0.15, -0.1) is 0 Å².